The zero-order valence-corrected chi connectivity index (χ0v) is 15.9. The van der Waals surface area contributed by atoms with Crippen LogP contribution < -0.4 is 20.1 Å². The number of carbonyl (C=O) groups excluding carboxylic acids is 1. The minimum absolute atomic E-state index is 0.382. The number of para-hydroxylation sites is 2. The van der Waals surface area contributed by atoms with Crippen LogP contribution in [-0.4, -0.2) is 25.2 Å². The highest BCUT2D eigenvalue weighted by molar-refractivity contribution is 6.00. The van der Waals surface area contributed by atoms with Gasteiger partial charge in [0.15, 0.2) is 17.1 Å². The van der Waals surface area contributed by atoms with E-state index in [0.29, 0.717) is 34.3 Å². The summed E-state index contributed by atoms with van der Waals surface area (Å²) in [7, 11) is 3.10. The van der Waals surface area contributed by atoms with Gasteiger partial charge in [-0.25, -0.2) is 9.78 Å². The number of carbonyl (C=O) groups is 1. The average Bonchev–Trinajstić information content (AvgIpc) is 3.18. The van der Waals surface area contributed by atoms with E-state index in [1.54, 1.807) is 44.6 Å². The number of ether oxygens (including phenoxy) is 2. The van der Waals surface area contributed by atoms with Crippen molar-refractivity contribution in [2.24, 2.45) is 0 Å². The first-order chi connectivity index (χ1) is 14.2. The maximum absolute atomic E-state index is 12.4. The maximum atomic E-state index is 12.4. The topological polar surface area (TPSA) is 85.6 Å². The number of nitrogens with zero attached hydrogens (tertiary/aromatic N) is 1. The van der Waals surface area contributed by atoms with Crippen LogP contribution in [-0.2, 0) is 0 Å². The molecule has 0 radical (unpaired) electrons. The van der Waals surface area contributed by atoms with Crippen LogP contribution in [0.15, 0.2) is 71.1 Å². The van der Waals surface area contributed by atoms with Gasteiger partial charge in [0, 0.05) is 23.0 Å². The summed E-state index contributed by atoms with van der Waals surface area (Å²) in [5, 5.41) is 5.58. The highest BCUT2D eigenvalue weighted by atomic mass is 16.5. The number of urea groups is 1. The lowest BCUT2D eigenvalue weighted by atomic mass is 10.2. The van der Waals surface area contributed by atoms with E-state index < -0.39 is 0 Å². The third-order valence-electron chi connectivity index (χ3n) is 4.30. The summed E-state index contributed by atoms with van der Waals surface area (Å²) in [6.07, 6.45) is 0. The number of methoxy groups -OCH3 is 2. The quantitative estimate of drug-likeness (QED) is 0.493. The first-order valence-corrected chi connectivity index (χ1v) is 8.92. The molecule has 0 unspecified atom stereocenters. The van der Waals surface area contributed by atoms with Gasteiger partial charge in [0.25, 0.3) is 0 Å². The number of rotatable bonds is 5. The number of hydrogen-bond acceptors (Lipinski definition) is 5. The van der Waals surface area contributed by atoms with Crippen LogP contribution in [0.4, 0.5) is 16.2 Å². The van der Waals surface area contributed by atoms with E-state index in [-0.39, 0.29) is 6.03 Å². The Morgan fingerprint density at radius 3 is 2.38 bits per heavy atom. The van der Waals surface area contributed by atoms with Gasteiger partial charge in [-0.2, -0.15) is 0 Å². The molecule has 0 saturated heterocycles. The van der Waals surface area contributed by atoms with Crippen LogP contribution in [0.25, 0.3) is 22.6 Å². The van der Waals surface area contributed by atoms with E-state index in [9.17, 15) is 4.79 Å². The molecule has 1 aromatic heterocycles. The second-order valence-electron chi connectivity index (χ2n) is 6.22. The van der Waals surface area contributed by atoms with Crippen molar-refractivity contribution in [2.75, 3.05) is 24.9 Å². The van der Waals surface area contributed by atoms with Crippen molar-refractivity contribution in [3.63, 3.8) is 0 Å². The van der Waals surface area contributed by atoms with Gasteiger partial charge >= 0.3 is 6.03 Å². The summed E-state index contributed by atoms with van der Waals surface area (Å²) in [5.74, 6) is 1.61. The van der Waals surface area contributed by atoms with Crippen molar-refractivity contribution in [3.05, 3.63) is 66.7 Å². The zero-order valence-electron chi connectivity index (χ0n) is 15.9. The fraction of sp³-hybridized carbons (Fsp3) is 0.0909. The average molecular weight is 389 g/mol. The molecule has 0 aliphatic rings. The van der Waals surface area contributed by atoms with E-state index in [1.807, 2.05) is 36.4 Å². The van der Waals surface area contributed by atoms with Gasteiger partial charge in [0.05, 0.1) is 14.2 Å². The molecule has 7 heteroatoms. The van der Waals surface area contributed by atoms with Crippen molar-refractivity contribution in [1.82, 2.24) is 4.98 Å². The van der Waals surface area contributed by atoms with Crippen LogP contribution in [0.3, 0.4) is 0 Å². The van der Waals surface area contributed by atoms with Gasteiger partial charge in [-0.15, -0.1) is 0 Å². The van der Waals surface area contributed by atoms with E-state index in [1.165, 1.54) is 0 Å². The summed E-state index contributed by atoms with van der Waals surface area (Å²) in [4.78, 5) is 16.9. The molecule has 0 atom stereocenters. The van der Waals surface area contributed by atoms with Crippen LogP contribution in [0, 0.1) is 0 Å². The zero-order chi connectivity index (χ0) is 20.2. The van der Waals surface area contributed by atoms with Gasteiger partial charge in [0.2, 0.25) is 5.89 Å². The molecule has 4 rings (SSSR count). The normalized spacial score (nSPS) is 10.6. The Kier molecular flexibility index (Phi) is 5.03. The van der Waals surface area contributed by atoms with Crippen molar-refractivity contribution >= 4 is 28.5 Å². The highest BCUT2D eigenvalue weighted by Crippen LogP contribution is 2.30. The molecule has 0 fully saturated rings. The maximum Gasteiger partial charge on any atom is 0.323 e. The Bertz CT molecular complexity index is 1140. The number of benzene rings is 3. The van der Waals surface area contributed by atoms with Crippen molar-refractivity contribution in [1.29, 1.82) is 0 Å². The van der Waals surface area contributed by atoms with Gasteiger partial charge in [-0.3, -0.25) is 0 Å². The predicted molar refractivity (Wildman–Crippen MR) is 112 cm³/mol. The molecule has 7 nitrogen and oxygen atoms in total. The number of anilines is 2. The molecule has 146 valence electrons. The third kappa shape index (κ3) is 3.98. The minimum Gasteiger partial charge on any atom is -0.493 e. The molecule has 29 heavy (non-hydrogen) atoms. The number of nitrogens with one attached hydrogen (secondary N) is 2. The summed E-state index contributed by atoms with van der Waals surface area (Å²) in [6.45, 7) is 0. The second-order valence-corrected chi connectivity index (χ2v) is 6.22. The Morgan fingerprint density at radius 1 is 0.862 bits per heavy atom. The fourth-order valence-electron chi connectivity index (χ4n) is 2.93. The summed E-state index contributed by atoms with van der Waals surface area (Å²) >= 11 is 0. The molecular formula is C22H19N3O4. The van der Waals surface area contributed by atoms with E-state index in [4.69, 9.17) is 13.9 Å². The number of oxazole rings is 1. The first kappa shape index (κ1) is 18.4. The highest BCUT2D eigenvalue weighted by Gasteiger charge is 2.11. The predicted octanol–water partition coefficient (Wildman–Crippen LogP) is 5.16. The monoisotopic (exact) mass is 389 g/mol. The number of fused-ring (bicyclic) bond motifs is 1. The summed E-state index contributed by atoms with van der Waals surface area (Å²) < 4.78 is 16.2. The lowest BCUT2D eigenvalue weighted by Crippen LogP contribution is -2.19. The minimum atomic E-state index is -0.382. The number of aromatic nitrogens is 1. The lowest BCUT2D eigenvalue weighted by Gasteiger charge is -2.11. The molecule has 0 bridgehead atoms. The standard InChI is InChI=1S/C22H19N3O4/c1-27-19-11-10-16(13-20(19)28-2)24-22(26)23-15-7-5-6-14(12-15)21-25-17-8-3-4-9-18(17)29-21/h3-13H,1-2H3,(H2,23,24,26). The Balaban J connectivity index is 1.49. The molecule has 0 aliphatic heterocycles. The van der Waals surface area contributed by atoms with E-state index in [0.717, 1.165) is 11.1 Å². The van der Waals surface area contributed by atoms with Crippen LogP contribution >= 0.6 is 0 Å². The Labute approximate surface area is 167 Å². The third-order valence-corrected chi connectivity index (χ3v) is 4.30. The molecule has 3 aromatic carbocycles. The van der Waals surface area contributed by atoms with Crippen molar-refractivity contribution in [2.45, 2.75) is 0 Å². The molecule has 0 saturated carbocycles. The largest absolute Gasteiger partial charge is 0.493 e. The molecule has 0 spiro atoms. The second kappa shape index (κ2) is 7.93. The molecule has 2 amide bonds. The van der Waals surface area contributed by atoms with Crippen LogP contribution in [0.2, 0.25) is 0 Å². The van der Waals surface area contributed by atoms with E-state index in [2.05, 4.69) is 15.6 Å². The molecule has 0 aliphatic carbocycles. The van der Waals surface area contributed by atoms with Gasteiger partial charge < -0.3 is 24.5 Å². The van der Waals surface area contributed by atoms with Crippen molar-refractivity contribution < 1.29 is 18.7 Å². The Hall–Kier alpha value is -4.00. The Morgan fingerprint density at radius 2 is 1.62 bits per heavy atom. The first-order valence-electron chi connectivity index (χ1n) is 8.92. The van der Waals surface area contributed by atoms with Crippen LogP contribution in [0.1, 0.15) is 0 Å². The SMILES string of the molecule is COc1ccc(NC(=O)Nc2cccc(-c3nc4ccccc4o3)c2)cc1OC. The van der Waals surface area contributed by atoms with E-state index >= 15 is 0 Å². The summed E-state index contributed by atoms with van der Waals surface area (Å²) in [6, 6.07) is 19.6. The van der Waals surface area contributed by atoms with Gasteiger partial charge in [0.1, 0.15) is 5.52 Å². The molecule has 2 N–H and O–H groups in total. The lowest BCUT2D eigenvalue weighted by molar-refractivity contribution is 0.262. The smallest absolute Gasteiger partial charge is 0.323 e. The fourth-order valence-corrected chi connectivity index (χ4v) is 2.93. The molecule has 4 aromatic rings. The molecular weight excluding hydrogens is 370 g/mol. The van der Waals surface area contributed by atoms with Crippen LogP contribution in [0.5, 0.6) is 11.5 Å². The number of amides is 2. The summed E-state index contributed by atoms with van der Waals surface area (Å²) in [5.41, 5.74) is 3.46. The van der Waals surface area contributed by atoms with Crippen molar-refractivity contribution in [3.8, 4) is 23.0 Å². The molecule has 1 heterocycles. The number of hydrogen-bond donors (Lipinski definition) is 2. The van der Waals surface area contributed by atoms with Gasteiger partial charge in [-0.1, -0.05) is 18.2 Å². The van der Waals surface area contributed by atoms with Gasteiger partial charge in [-0.05, 0) is 42.5 Å².